The molecule has 3 heterocycles. The molecule has 1 aliphatic heterocycles. The molecule has 5 nitrogen and oxygen atoms in total. The second kappa shape index (κ2) is 4.49. The van der Waals surface area contributed by atoms with Crippen molar-refractivity contribution in [1.82, 2.24) is 20.3 Å². The van der Waals surface area contributed by atoms with E-state index in [-0.39, 0.29) is 0 Å². The van der Waals surface area contributed by atoms with Crippen LogP contribution in [0.4, 0.5) is 5.82 Å². The van der Waals surface area contributed by atoms with Crippen LogP contribution in [0.1, 0.15) is 13.8 Å². The Bertz CT molecular complexity index is 546. The van der Waals surface area contributed by atoms with Gasteiger partial charge in [0.25, 0.3) is 0 Å². The van der Waals surface area contributed by atoms with Gasteiger partial charge < -0.3 is 10.2 Å². The average Bonchev–Trinajstić information content (AvgIpc) is 2.37. The summed E-state index contributed by atoms with van der Waals surface area (Å²) >= 11 is 0. The van der Waals surface area contributed by atoms with Crippen LogP contribution < -0.4 is 10.2 Å². The first-order valence-corrected chi connectivity index (χ1v) is 6.31. The highest BCUT2D eigenvalue weighted by molar-refractivity contribution is 5.71. The van der Waals surface area contributed by atoms with Crippen molar-refractivity contribution in [3.63, 3.8) is 0 Å². The molecule has 0 aliphatic carbocycles. The SMILES string of the molecule is CC1CN(c2ccc3nccnc3n2)CC(C)N1. The first kappa shape index (κ1) is 11.3. The molecular formula is C13H17N5. The number of anilines is 1. The number of pyridine rings is 1. The van der Waals surface area contributed by atoms with Crippen LogP contribution in [-0.4, -0.2) is 40.1 Å². The van der Waals surface area contributed by atoms with Gasteiger partial charge in [-0.3, -0.25) is 4.98 Å². The van der Waals surface area contributed by atoms with Crippen LogP contribution in [0.3, 0.4) is 0 Å². The van der Waals surface area contributed by atoms with Crippen molar-refractivity contribution >= 4 is 17.0 Å². The molecule has 1 saturated heterocycles. The third-order valence-electron chi connectivity index (χ3n) is 3.20. The molecule has 18 heavy (non-hydrogen) atoms. The molecule has 3 rings (SSSR count). The molecule has 2 aromatic heterocycles. The Hall–Kier alpha value is -1.75. The predicted octanol–water partition coefficient (Wildman–Crippen LogP) is 1.21. The summed E-state index contributed by atoms with van der Waals surface area (Å²) in [6.45, 7) is 6.35. The van der Waals surface area contributed by atoms with Crippen LogP contribution in [0, 0.1) is 0 Å². The zero-order chi connectivity index (χ0) is 12.5. The maximum atomic E-state index is 4.59. The van der Waals surface area contributed by atoms with E-state index in [4.69, 9.17) is 0 Å². The van der Waals surface area contributed by atoms with Gasteiger partial charge in [0, 0.05) is 37.6 Å². The molecule has 2 unspecified atom stereocenters. The third-order valence-corrected chi connectivity index (χ3v) is 3.20. The minimum atomic E-state index is 0.480. The topological polar surface area (TPSA) is 53.9 Å². The molecular weight excluding hydrogens is 226 g/mol. The number of piperazine rings is 1. The van der Waals surface area contributed by atoms with Crippen LogP contribution in [0.25, 0.3) is 11.2 Å². The standard InChI is InChI=1S/C13H17N5/c1-9-7-18(8-10(2)16-9)12-4-3-11-13(17-12)15-6-5-14-11/h3-6,9-10,16H,7-8H2,1-2H3. The van der Waals surface area contributed by atoms with Crippen molar-refractivity contribution in [2.24, 2.45) is 0 Å². The molecule has 1 fully saturated rings. The minimum Gasteiger partial charge on any atom is -0.353 e. The highest BCUT2D eigenvalue weighted by Gasteiger charge is 2.21. The van der Waals surface area contributed by atoms with Gasteiger partial charge in [0.05, 0.1) is 0 Å². The molecule has 2 aromatic rings. The normalized spacial score (nSPS) is 24.4. The zero-order valence-electron chi connectivity index (χ0n) is 10.7. The smallest absolute Gasteiger partial charge is 0.180 e. The van der Waals surface area contributed by atoms with E-state index >= 15 is 0 Å². The number of rotatable bonds is 1. The lowest BCUT2D eigenvalue weighted by atomic mass is 10.1. The lowest BCUT2D eigenvalue weighted by Crippen LogP contribution is -2.54. The van der Waals surface area contributed by atoms with Crippen LogP contribution in [0.2, 0.25) is 0 Å². The number of nitrogens with zero attached hydrogens (tertiary/aromatic N) is 4. The summed E-state index contributed by atoms with van der Waals surface area (Å²) < 4.78 is 0. The van der Waals surface area contributed by atoms with Crippen molar-refractivity contribution in [2.45, 2.75) is 25.9 Å². The van der Waals surface area contributed by atoms with E-state index in [1.165, 1.54) is 0 Å². The van der Waals surface area contributed by atoms with Crippen LogP contribution in [-0.2, 0) is 0 Å². The fraction of sp³-hybridized carbons (Fsp3) is 0.462. The van der Waals surface area contributed by atoms with Gasteiger partial charge in [-0.1, -0.05) is 0 Å². The maximum absolute atomic E-state index is 4.59. The van der Waals surface area contributed by atoms with E-state index in [1.54, 1.807) is 12.4 Å². The molecule has 1 aliphatic rings. The Morgan fingerprint density at radius 2 is 1.83 bits per heavy atom. The van der Waals surface area contributed by atoms with Gasteiger partial charge in [0.15, 0.2) is 5.65 Å². The van der Waals surface area contributed by atoms with Crippen LogP contribution in [0.5, 0.6) is 0 Å². The number of nitrogens with one attached hydrogen (secondary N) is 1. The third kappa shape index (κ3) is 2.13. The van der Waals surface area contributed by atoms with Crippen molar-refractivity contribution in [1.29, 1.82) is 0 Å². The highest BCUT2D eigenvalue weighted by atomic mass is 15.3. The van der Waals surface area contributed by atoms with Gasteiger partial charge in [-0.25, -0.2) is 9.97 Å². The van der Waals surface area contributed by atoms with Gasteiger partial charge >= 0.3 is 0 Å². The highest BCUT2D eigenvalue weighted by Crippen LogP contribution is 2.17. The quantitative estimate of drug-likeness (QED) is 0.816. The van der Waals surface area contributed by atoms with E-state index in [9.17, 15) is 0 Å². The number of fused-ring (bicyclic) bond motifs is 1. The van der Waals surface area contributed by atoms with Crippen LogP contribution >= 0.6 is 0 Å². The lowest BCUT2D eigenvalue weighted by molar-refractivity contribution is 0.405. The zero-order valence-corrected chi connectivity index (χ0v) is 10.7. The molecule has 0 aromatic carbocycles. The Labute approximate surface area is 106 Å². The van der Waals surface area contributed by atoms with E-state index in [1.807, 2.05) is 12.1 Å². The molecule has 0 saturated carbocycles. The fourth-order valence-corrected chi connectivity index (χ4v) is 2.53. The second-order valence-electron chi connectivity index (χ2n) is 4.94. The molecule has 0 radical (unpaired) electrons. The van der Waals surface area contributed by atoms with Crippen molar-refractivity contribution < 1.29 is 0 Å². The summed E-state index contributed by atoms with van der Waals surface area (Å²) in [7, 11) is 0. The molecule has 94 valence electrons. The summed E-state index contributed by atoms with van der Waals surface area (Å²) in [5.74, 6) is 0.989. The Balaban J connectivity index is 1.93. The average molecular weight is 243 g/mol. The summed E-state index contributed by atoms with van der Waals surface area (Å²) in [5.41, 5.74) is 1.56. The monoisotopic (exact) mass is 243 g/mol. The van der Waals surface area contributed by atoms with E-state index in [2.05, 4.69) is 39.0 Å². The van der Waals surface area contributed by atoms with Gasteiger partial charge in [-0.2, -0.15) is 0 Å². The van der Waals surface area contributed by atoms with E-state index in [0.29, 0.717) is 17.7 Å². The number of hydrogen-bond donors (Lipinski definition) is 1. The summed E-state index contributed by atoms with van der Waals surface area (Å²) in [4.78, 5) is 15.4. The summed E-state index contributed by atoms with van der Waals surface area (Å²) in [6.07, 6.45) is 3.38. The molecule has 0 bridgehead atoms. The van der Waals surface area contributed by atoms with Gasteiger partial charge in [-0.15, -0.1) is 0 Å². The van der Waals surface area contributed by atoms with Gasteiger partial charge in [-0.05, 0) is 26.0 Å². The number of aromatic nitrogens is 3. The Morgan fingerprint density at radius 3 is 2.61 bits per heavy atom. The maximum Gasteiger partial charge on any atom is 0.180 e. The van der Waals surface area contributed by atoms with Crippen molar-refractivity contribution in [2.75, 3.05) is 18.0 Å². The molecule has 0 amide bonds. The summed E-state index contributed by atoms with van der Waals surface area (Å²) in [6, 6.07) is 4.98. The van der Waals surface area contributed by atoms with E-state index in [0.717, 1.165) is 24.4 Å². The Morgan fingerprint density at radius 1 is 1.11 bits per heavy atom. The van der Waals surface area contributed by atoms with Crippen molar-refractivity contribution in [3.8, 4) is 0 Å². The second-order valence-corrected chi connectivity index (χ2v) is 4.94. The number of hydrogen-bond acceptors (Lipinski definition) is 5. The van der Waals surface area contributed by atoms with Crippen LogP contribution in [0.15, 0.2) is 24.5 Å². The largest absolute Gasteiger partial charge is 0.353 e. The molecule has 5 heteroatoms. The predicted molar refractivity (Wildman–Crippen MR) is 71.6 cm³/mol. The van der Waals surface area contributed by atoms with Gasteiger partial charge in [0.1, 0.15) is 11.3 Å². The van der Waals surface area contributed by atoms with E-state index < -0.39 is 0 Å². The minimum absolute atomic E-state index is 0.480. The first-order chi connectivity index (χ1) is 8.72. The molecule has 2 atom stereocenters. The lowest BCUT2D eigenvalue weighted by Gasteiger charge is -2.36. The Kier molecular flexibility index (Phi) is 2.83. The molecule has 0 spiro atoms. The summed E-state index contributed by atoms with van der Waals surface area (Å²) in [5, 5.41) is 3.52. The fourth-order valence-electron chi connectivity index (χ4n) is 2.53. The van der Waals surface area contributed by atoms with Gasteiger partial charge in [0.2, 0.25) is 0 Å². The van der Waals surface area contributed by atoms with Crippen molar-refractivity contribution in [3.05, 3.63) is 24.5 Å². The first-order valence-electron chi connectivity index (χ1n) is 6.31. The molecule has 1 N–H and O–H groups in total.